The minimum absolute atomic E-state index is 0.0789. The normalized spacial score (nSPS) is 14.4. The van der Waals surface area contributed by atoms with Gasteiger partial charge in [0, 0.05) is 17.1 Å². The zero-order chi connectivity index (χ0) is 20.4. The second kappa shape index (κ2) is 8.25. The third kappa shape index (κ3) is 4.77. The molecule has 1 saturated carbocycles. The van der Waals surface area contributed by atoms with Crippen LogP contribution in [-0.4, -0.2) is 28.1 Å². The van der Waals surface area contributed by atoms with Crippen LogP contribution in [0.3, 0.4) is 0 Å². The summed E-state index contributed by atoms with van der Waals surface area (Å²) in [4.78, 5) is 30.0. The summed E-state index contributed by atoms with van der Waals surface area (Å²) in [5, 5.41) is 7.12. The number of hydrogen-bond acceptors (Lipinski definition) is 4. The molecule has 29 heavy (non-hydrogen) atoms. The molecule has 0 saturated heterocycles. The zero-order valence-corrected chi connectivity index (χ0v) is 17.3. The van der Waals surface area contributed by atoms with Crippen LogP contribution < -0.4 is 10.6 Å². The number of carbonyl (C=O) groups is 2. The van der Waals surface area contributed by atoms with Crippen LogP contribution >= 0.6 is 11.8 Å². The number of rotatable bonds is 6. The van der Waals surface area contributed by atoms with Crippen molar-refractivity contribution in [1.29, 1.82) is 0 Å². The average Bonchev–Trinajstić information content (AvgIpc) is 3.51. The maximum absolute atomic E-state index is 12.7. The van der Waals surface area contributed by atoms with Crippen molar-refractivity contribution < 1.29 is 9.59 Å². The number of pyridine rings is 1. The highest BCUT2D eigenvalue weighted by molar-refractivity contribution is 8.00. The fraction of sp³-hybridized carbons (Fsp3) is 0.261. The van der Waals surface area contributed by atoms with Crippen LogP contribution in [-0.2, 0) is 4.79 Å². The van der Waals surface area contributed by atoms with Crippen LogP contribution in [0.4, 0.5) is 5.69 Å². The number of hydrogen-bond donors (Lipinski definition) is 2. The van der Waals surface area contributed by atoms with Crippen molar-refractivity contribution in [1.82, 2.24) is 10.3 Å². The predicted octanol–water partition coefficient (Wildman–Crippen LogP) is 4.55. The van der Waals surface area contributed by atoms with Gasteiger partial charge in [0.1, 0.15) is 0 Å². The Bertz CT molecular complexity index is 1080. The van der Waals surface area contributed by atoms with Gasteiger partial charge in [-0.25, -0.2) is 4.98 Å². The van der Waals surface area contributed by atoms with E-state index in [1.807, 2.05) is 62.4 Å². The van der Waals surface area contributed by atoms with E-state index in [9.17, 15) is 9.59 Å². The summed E-state index contributed by atoms with van der Waals surface area (Å²) in [5.74, 6) is -0.177. The van der Waals surface area contributed by atoms with Crippen LogP contribution in [0.1, 0.15) is 35.7 Å². The number of aryl methyl sites for hydroxylation is 1. The maximum atomic E-state index is 12.7. The first-order valence-electron chi connectivity index (χ1n) is 9.74. The summed E-state index contributed by atoms with van der Waals surface area (Å²) in [6, 6.07) is 17.4. The molecule has 1 aliphatic rings. The molecule has 1 heterocycles. The third-order valence-corrected chi connectivity index (χ3v) is 5.82. The monoisotopic (exact) mass is 405 g/mol. The number of nitrogens with zero attached hydrogens (tertiary/aromatic N) is 1. The molecule has 0 aliphatic heterocycles. The van der Waals surface area contributed by atoms with Gasteiger partial charge < -0.3 is 10.6 Å². The SMILES string of the molecule is Cc1cccc(NC(=O)C(C)Sc2cc(C(=O)NC3CC3)c3ccccc3n2)c1. The summed E-state index contributed by atoms with van der Waals surface area (Å²) in [6.45, 7) is 3.83. The van der Waals surface area contributed by atoms with Crippen molar-refractivity contribution in [3.63, 3.8) is 0 Å². The van der Waals surface area contributed by atoms with Crippen molar-refractivity contribution in [2.75, 3.05) is 5.32 Å². The lowest BCUT2D eigenvalue weighted by Gasteiger charge is -2.14. The van der Waals surface area contributed by atoms with Crippen molar-refractivity contribution in [2.45, 2.75) is 43.0 Å². The average molecular weight is 406 g/mol. The molecule has 148 valence electrons. The van der Waals surface area contributed by atoms with Crippen LogP contribution in [0.2, 0.25) is 0 Å². The molecular weight excluding hydrogens is 382 g/mol. The minimum atomic E-state index is -0.358. The van der Waals surface area contributed by atoms with Gasteiger partial charge >= 0.3 is 0 Å². The highest BCUT2D eigenvalue weighted by Crippen LogP contribution is 2.28. The summed E-state index contributed by atoms with van der Waals surface area (Å²) in [6.07, 6.45) is 2.07. The number of thioether (sulfide) groups is 1. The molecule has 1 unspecified atom stereocenters. The van der Waals surface area contributed by atoms with Crippen molar-refractivity contribution in [3.8, 4) is 0 Å². The van der Waals surface area contributed by atoms with Crippen LogP contribution in [0.5, 0.6) is 0 Å². The standard InChI is InChI=1S/C23H23N3O2S/c1-14-6-5-7-17(12-14)25-22(27)15(2)29-21-13-19(23(28)24-16-10-11-16)18-8-3-4-9-20(18)26-21/h3-9,12-13,15-16H,10-11H2,1-2H3,(H,24,28)(H,25,27). The fourth-order valence-corrected chi connectivity index (χ4v) is 3.96. The highest BCUT2D eigenvalue weighted by Gasteiger charge is 2.25. The molecule has 1 atom stereocenters. The van der Waals surface area contributed by atoms with E-state index in [0.717, 1.165) is 35.0 Å². The van der Waals surface area contributed by atoms with E-state index in [1.165, 1.54) is 11.8 Å². The third-order valence-electron chi connectivity index (χ3n) is 4.80. The van der Waals surface area contributed by atoms with E-state index in [1.54, 1.807) is 6.07 Å². The van der Waals surface area contributed by atoms with Gasteiger partial charge in [0.15, 0.2) is 0 Å². The lowest BCUT2D eigenvalue weighted by Crippen LogP contribution is -2.26. The fourth-order valence-electron chi connectivity index (χ4n) is 3.09. The second-order valence-electron chi connectivity index (χ2n) is 7.39. The molecule has 4 rings (SSSR count). The van der Waals surface area contributed by atoms with Crippen molar-refractivity contribution >= 4 is 40.2 Å². The number of nitrogens with one attached hydrogen (secondary N) is 2. The number of benzene rings is 2. The first-order valence-corrected chi connectivity index (χ1v) is 10.6. The smallest absolute Gasteiger partial charge is 0.252 e. The molecule has 6 heteroatoms. The molecule has 0 radical (unpaired) electrons. The summed E-state index contributed by atoms with van der Waals surface area (Å²) in [5.41, 5.74) is 3.23. The van der Waals surface area contributed by atoms with Gasteiger partial charge in [0.05, 0.1) is 21.4 Å². The van der Waals surface area contributed by atoms with E-state index in [-0.39, 0.29) is 23.1 Å². The molecule has 0 spiro atoms. The van der Waals surface area contributed by atoms with Gasteiger partial charge in [-0.2, -0.15) is 0 Å². The lowest BCUT2D eigenvalue weighted by molar-refractivity contribution is -0.115. The Kier molecular flexibility index (Phi) is 5.53. The number of anilines is 1. The molecule has 0 bridgehead atoms. The topological polar surface area (TPSA) is 71.1 Å². The van der Waals surface area contributed by atoms with Crippen LogP contribution in [0.25, 0.3) is 10.9 Å². The highest BCUT2D eigenvalue weighted by atomic mass is 32.2. The first kappa shape index (κ1) is 19.5. The number of aromatic nitrogens is 1. The minimum Gasteiger partial charge on any atom is -0.349 e. The lowest BCUT2D eigenvalue weighted by atomic mass is 10.1. The largest absolute Gasteiger partial charge is 0.349 e. The van der Waals surface area contributed by atoms with Gasteiger partial charge in [0.25, 0.3) is 5.91 Å². The van der Waals surface area contributed by atoms with E-state index in [0.29, 0.717) is 10.6 Å². The Balaban J connectivity index is 1.55. The molecule has 1 fully saturated rings. The first-order chi connectivity index (χ1) is 14.0. The van der Waals surface area contributed by atoms with E-state index >= 15 is 0 Å². The molecule has 3 aromatic rings. The predicted molar refractivity (Wildman–Crippen MR) is 117 cm³/mol. The van der Waals surface area contributed by atoms with Crippen molar-refractivity contribution in [3.05, 3.63) is 65.7 Å². The Morgan fingerprint density at radius 2 is 1.90 bits per heavy atom. The number of carbonyl (C=O) groups excluding carboxylic acids is 2. The molecule has 2 amide bonds. The summed E-state index contributed by atoms with van der Waals surface area (Å²) in [7, 11) is 0. The molecular formula is C23H23N3O2S. The molecule has 5 nitrogen and oxygen atoms in total. The Hall–Kier alpha value is -2.86. The van der Waals surface area contributed by atoms with Crippen molar-refractivity contribution in [2.24, 2.45) is 0 Å². The summed E-state index contributed by atoms with van der Waals surface area (Å²) >= 11 is 1.35. The number of amides is 2. The Labute approximate surface area is 174 Å². The van der Waals surface area contributed by atoms with E-state index in [4.69, 9.17) is 0 Å². The summed E-state index contributed by atoms with van der Waals surface area (Å²) < 4.78 is 0. The molecule has 1 aromatic heterocycles. The molecule has 1 aliphatic carbocycles. The quantitative estimate of drug-likeness (QED) is 0.590. The maximum Gasteiger partial charge on any atom is 0.252 e. The van der Waals surface area contributed by atoms with Gasteiger partial charge in [-0.05, 0) is 56.5 Å². The second-order valence-corrected chi connectivity index (χ2v) is 8.75. The Morgan fingerprint density at radius 1 is 1.10 bits per heavy atom. The van der Waals surface area contributed by atoms with Crippen LogP contribution in [0.15, 0.2) is 59.6 Å². The number of fused-ring (bicyclic) bond motifs is 1. The molecule has 2 N–H and O–H groups in total. The number of para-hydroxylation sites is 1. The van der Waals surface area contributed by atoms with Gasteiger partial charge in [-0.15, -0.1) is 0 Å². The van der Waals surface area contributed by atoms with Gasteiger partial charge in [-0.1, -0.05) is 42.1 Å². The molecule has 2 aromatic carbocycles. The van der Waals surface area contributed by atoms with E-state index < -0.39 is 0 Å². The van der Waals surface area contributed by atoms with Crippen LogP contribution in [0, 0.1) is 6.92 Å². The van der Waals surface area contributed by atoms with Gasteiger partial charge in [0.2, 0.25) is 5.91 Å². The Morgan fingerprint density at radius 3 is 2.66 bits per heavy atom. The van der Waals surface area contributed by atoms with E-state index in [2.05, 4.69) is 15.6 Å². The van der Waals surface area contributed by atoms with Gasteiger partial charge in [-0.3, -0.25) is 9.59 Å². The zero-order valence-electron chi connectivity index (χ0n) is 16.4.